The number of rotatable bonds is 5. The van der Waals surface area contributed by atoms with Crippen LogP contribution < -0.4 is 10.2 Å². The second-order valence-corrected chi connectivity index (χ2v) is 7.20. The van der Waals surface area contributed by atoms with E-state index in [2.05, 4.69) is 23.2 Å². The Bertz CT molecular complexity index is 980. The molecule has 0 unspecified atom stereocenters. The van der Waals surface area contributed by atoms with Crippen molar-refractivity contribution in [1.82, 2.24) is 0 Å². The van der Waals surface area contributed by atoms with Gasteiger partial charge in [-0.25, -0.2) is 4.39 Å². The van der Waals surface area contributed by atoms with Crippen LogP contribution in [0.15, 0.2) is 60.7 Å². The van der Waals surface area contributed by atoms with Gasteiger partial charge in [0.05, 0.1) is 12.1 Å². The monoisotopic (exact) mass is 376 g/mol. The van der Waals surface area contributed by atoms with Crippen molar-refractivity contribution in [1.29, 1.82) is 0 Å². The summed E-state index contributed by atoms with van der Waals surface area (Å²) in [7, 11) is 4.00. The zero-order valence-corrected chi connectivity index (χ0v) is 16.7. The van der Waals surface area contributed by atoms with Crippen LogP contribution in [-0.4, -0.2) is 20.0 Å². The van der Waals surface area contributed by atoms with E-state index in [9.17, 15) is 9.18 Å². The molecule has 0 fully saturated rings. The average Bonchev–Trinajstić information content (AvgIpc) is 2.66. The molecule has 0 aliphatic heterocycles. The highest BCUT2D eigenvalue weighted by Gasteiger charge is 2.18. The van der Waals surface area contributed by atoms with Gasteiger partial charge in [-0.15, -0.1) is 0 Å². The standard InChI is InChI=1S/C24H25FN2O/c1-16-14-21(19-8-6-5-7-9-19)23(17(2)24(16)27(3)4)26-22(28)15-18-10-12-20(25)13-11-18/h5-14H,15H2,1-4H3,(H,26,28). The minimum Gasteiger partial charge on any atom is -0.377 e. The summed E-state index contributed by atoms with van der Waals surface area (Å²) < 4.78 is 13.1. The Balaban J connectivity index is 2.00. The molecular formula is C24H25FN2O. The summed E-state index contributed by atoms with van der Waals surface area (Å²) in [5.41, 5.74) is 6.90. The maximum Gasteiger partial charge on any atom is 0.228 e. The van der Waals surface area contributed by atoms with Crippen molar-refractivity contribution in [2.45, 2.75) is 20.3 Å². The number of nitrogens with zero attached hydrogens (tertiary/aromatic N) is 1. The van der Waals surface area contributed by atoms with Gasteiger partial charge < -0.3 is 10.2 Å². The van der Waals surface area contributed by atoms with E-state index in [1.165, 1.54) is 12.1 Å². The van der Waals surface area contributed by atoms with Crippen LogP contribution in [0.25, 0.3) is 11.1 Å². The van der Waals surface area contributed by atoms with Crippen LogP contribution in [-0.2, 0) is 11.2 Å². The van der Waals surface area contributed by atoms with Gasteiger partial charge in [-0.2, -0.15) is 0 Å². The van der Waals surface area contributed by atoms with Crippen molar-refractivity contribution in [3.8, 4) is 11.1 Å². The molecule has 0 aliphatic rings. The molecule has 0 radical (unpaired) electrons. The van der Waals surface area contributed by atoms with E-state index >= 15 is 0 Å². The summed E-state index contributed by atoms with van der Waals surface area (Å²) in [6.45, 7) is 4.11. The number of halogens is 1. The lowest BCUT2D eigenvalue weighted by molar-refractivity contribution is -0.115. The van der Waals surface area contributed by atoms with Gasteiger partial charge in [0, 0.05) is 25.3 Å². The average molecular weight is 376 g/mol. The van der Waals surface area contributed by atoms with Gasteiger partial charge in [-0.1, -0.05) is 42.5 Å². The molecule has 3 aromatic carbocycles. The number of hydrogen-bond acceptors (Lipinski definition) is 2. The maximum atomic E-state index is 13.1. The SMILES string of the molecule is Cc1cc(-c2ccccc2)c(NC(=O)Cc2ccc(F)cc2)c(C)c1N(C)C. The predicted molar refractivity (Wildman–Crippen MR) is 114 cm³/mol. The van der Waals surface area contributed by atoms with Crippen molar-refractivity contribution in [2.75, 3.05) is 24.3 Å². The van der Waals surface area contributed by atoms with Crippen molar-refractivity contribution in [3.05, 3.63) is 83.2 Å². The van der Waals surface area contributed by atoms with Gasteiger partial charge in [0.25, 0.3) is 0 Å². The molecule has 1 N–H and O–H groups in total. The van der Waals surface area contributed by atoms with E-state index in [0.29, 0.717) is 0 Å². The van der Waals surface area contributed by atoms with E-state index in [-0.39, 0.29) is 18.1 Å². The van der Waals surface area contributed by atoms with Crippen LogP contribution in [0.1, 0.15) is 16.7 Å². The van der Waals surface area contributed by atoms with Gasteiger partial charge in [0.15, 0.2) is 0 Å². The molecule has 0 atom stereocenters. The lowest BCUT2D eigenvalue weighted by Gasteiger charge is -2.24. The molecule has 0 aromatic heterocycles. The molecule has 0 aliphatic carbocycles. The fourth-order valence-corrected chi connectivity index (χ4v) is 3.64. The highest BCUT2D eigenvalue weighted by Crippen LogP contribution is 2.38. The largest absolute Gasteiger partial charge is 0.377 e. The molecule has 28 heavy (non-hydrogen) atoms. The number of carbonyl (C=O) groups excluding carboxylic acids is 1. The van der Waals surface area contributed by atoms with Gasteiger partial charge in [0.1, 0.15) is 5.82 Å². The van der Waals surface area contributed by atoms with Crippen LogP contribution in [0.4, 0.5) is 15.8 Å². The predicted octanol–water partition coefficient (Wildman–Crippen LogP) is 5.36. The topological polar surface area (TPSA) is 32.3 Å². The molecule has 1 amide bonds. The Morgan fingerprint density at radius 2 is 1.64 bits per heavy atom. The third kappa shape index (κ3) is 4.22. The molecular weight excluding hydrogens is 351 g/mol. The summed E-state index contributed by atoms with van der Waals surface area (Å²) in [4.78, 5) is 14.8. The van der Waals surface area contributed by atoms with Crippen LogP contribution in [0.5, 0.6) is 0 Å². The van der Waals surface area contributed by atoms with E-state index in [4.69, 9.17) is 0 Å². The number of nitrogens with one attached hydrogen (secondary N) is 1. The lowest BCUT2D eigenvalue weighted by Crippen LogP contribution is -2.18. The van der Waals surface area contributed by atoms with Crippen LogP contribution in [0.3, 0.4) is 0 Å². The fraction of sp³-hybridized carbons (Fsp3) is 0.208. The molecule has 3 aromatic rings. The summed E-state index contributed by atoms with van der Waals surface area (Å²) in [5, 5.41) is 3.10. The van der Waals surface area contributed by atoms with Crippen LogP contribution >= 0.6 is 0 Å². The molecule has 0 spiro atoms. The van der Waals surface area contributed by atoms with E-state index < -0.39 is 0 Å². The van der Waals surface area contributed by atoms with Gasteiger partial charge >= 0.3 is 0 Å². The first-order valence-corrected chi connectivity index (χ1v) is 9.28. The van der Waals surface area contributed by atoms with Gasteiger partial charge in [0.2, 0.25) is 5.91 Å². The molecule has 0 bridgehead atoms. The second kappa shape index (κ2) is 8.26. The van der Waals surface area contributed by atoms with E-state index in [1.54, 1.807) is 12.1 Å². The fourth-order valence-electron chi connectivity index (χ4n) is 3.64. The van der Waals surface area contributed by atoms with E-state index in [1.807, 2.05) is 51.4 Å². The Morgan fingerprint density at radius 3 is 2.25 bits per heavy atom. The van der Waals surface area contributed by atoms with E-state index in [0.717, 1.165) is 39.2 Å². The van der Waals surface area contributed by atoms with Crippen LogP contribution in [0, 0.1) is 19.7 Å². The molecule has 0 heterocycles. The molecule has 144 valence electrons. The number of benzene rings is 3. The highest BCUT2D eigenvalue weighted by molar-refractivity contribution is 5.99. The molecule has 0 saturated heterocycles. The number of anilines is 2. The van der Waals surface area contributed by atoms with Crippen molar-refractivity contribution in [2.24, 2.45) is 0 Å². The zero-order chi connectivity index (χ0) is 20.3. The number of hydrogen-bond donors (Lipinski definition) is 1. The third-order valence-corrected chi connectivity index (χ3v) is 4.81. The molecule has 3 rings (SSSR count). The first-order valence-electron chi connectivity index (χ1n) is 9.28. The Morgan fingerprint density at radius 1 is 1.00 bits per heavy atom. The Labute approximate surface area is 165 Å². The second-order valence-electron chi connectivity index (χ2n) is 7.20. The lowest BCUT2D eigenvalue weighted by atomic mass is 9.95. The van der Waals surface area contributed by atoms with Crippen molar-refractivity contribution in [3.63, 3.8) is 0 Å². The number of aryl methyl sites for hydroxylation is 1. The normalized spacial score (nSPS) is 10.6. The summed E-state index contributed by atoms with van der Waals surface area (Å²) in [5.74, 6) is -0.430. The highest BCUT2D eigenvalue weighted by atomic mass is 19.1. The first kappa shape index (κ1) is 19.6. The summed E-state index contributed by atoms with van der Waals surface area (Å²) in [6, 6.07) is 18.2. The van der Waals surface area contributed by atoms with Crippen LogP contribution in [0.2, 0.25) is 0 Å². The van der Waals surface area contributed by atoms with Crippen molar-refractivity contribution >= 4 is 17.3 Å². The third-order valence-electron chi connectivity index (χ3n) is 4.81. The molecule has 4 heteroatoms. The van der Waals surface area contributed by atoms with Gasteiger partial charge in [-0.3, -0.25) is 4.79 Å². The summed E-state index contributed by atoms with van der Waals surface area (Å²) >= 11 is 0. The minimum atomic E-state index is -0.305. The smallest absolute Gasteiger partial charge is 0.228 e. The minimum absolute atomic E-state index is 0.125. The number of amides is 1. The Hall–Kier alpha value is -3.14. The maximum absolute atomic E-state index is 13.1. The number of carbonyl (C=O) groups is 1. The quantitative estimate of drug-likeness (QED) is 0.650. The summed E-state index contributed by atoms with van der Waals surface area (Å²) in [6.07, 6.45) is 0.194. The molecule has 3 nitrogen and oxygen atoms in total. The van der Waals surface area contributed by atoms with Gasteiger partial charge in [-0.05, 0) is 54.3 Å². The van der Waals surface area contributed by atoms with Crippen molar-refractivity contribution < 1.29 is 9.18 Å². The first-order chi connectivity index (χ1) is 13.4. The zero-order valence-electron chi connectivity index (χ0n) is 16.7. The molecule has 0 saturated carbocycles. The Kier molecular flexibility index (Phi) is 5.78.